The first-order chi connectivity index (χ1) is 9.22. The lowest BCUT2D eigenvalue weighted by atomic mass is 10.1. The predicted octanol–water partition coefficient (Wildman–Crippen LogP) is 4.67. The molecule has 10 heteroatoms. The Morgan fingerprint density at radius 3 is 1.52 bits per heavy atom. The fraction of sp³-hybridized carbons (Fsp3) is 0.364. The van der Waals surface area contributed by atoms with Gasteiger partial charge in [0, 0.05) is 0 Å². The Balaban J connectivity index is 3.12. The van der Waals surface area contributed by atoms with Gasteiger partial charge in [0.15, 0.2) is 0 Å². The van der Waals surface area contributed by atoms with Crippen LogP contribution in [0.4, 0.5) is 39.5 Å². The van der Waals surface area contributed by atoms with Crippen molar-refractivity contribution in [2.75, 3.05) is 0 Å². The molecule has 0 N–H and O–H groups in total. The average molecular weight is 325 g/mol. The summed E-state index contributed by atoms with van der Waals surface area (Å²) in [5, 5.41) is 0. The first-order valence-electron chi connectivity index (χ1n) is 5.03. The van der Waals surface area contributed by atoms with E-state index in [1.54, 1.807) is 0 Å². The van der Waals surface area contributed by atoms with E-state index in [4.69, 9.17) is 0 Å². The summed E-state index contributed by atoms with van der Waals surface area (Å²) in [6.45, 7) is 3.32. The smallest absolute Gasteiger partial charge is 0.428 e. The number of halogens is 9. The van der Waals surface area contributed by atoms with E-state index in [2.05, 4.69) is 11.7 Å². The molecule has 119 valence electrons. The molecule has 0 aromatic heterocycles. The van der Waals surface area contributed by atoms with Crippen LogP contribution in [0, 0.1) is 6.92 Å². The zero-order valence-corrected chi connectivity index (χ0v) is 9.83. The number of hydrogen-bond donors (Lipinski definition) is 0. The zero-order valence-electron chi connectivity index (χ0n) is 9.83. The molecule has 1 nitrogen and oxygen atoms in total. The molecule has 0 heterocycles. The largest absolute Gasteiger partial charge is 0.471 e. The molecule has 0 aliphatic rings. The Morgan fingerprint density at radius 2 is 1.14 bits per heavy atom. The number of ether oxygens (including phenoxy) is 1. The van der Waals surface area contributed by atoms with Crippen molar-refractivity contribution in [2.45, 2.75) is 24.1 Å². The first kappa shape index (κ1) is 17.4. The highest BCUT2D eigenvalue weighted by atomic mass is 19.4. The minimum absolute atomic E-state index is 0.248. The molecular weight excluding hydrogens is 319 g/mol. The predicted molar refractivity (Wildman–Crippen MR) is 52.4 cm³/mol. The van der Waals surface area contributed by atoms with E-state index in [1.807, 2.05) is 0 Å². The number of rotatable bonds is 4. The van der Waals surface area contributed by atoms with E-state index in [1.165, 1.54) is 0 Å². The van der Waals surface area contributed by atoms with Gasteiger partial charge in [-0.3, -0.25) is 0 Å². The van der Waals surface area contributed by atoms with Crippen LogP contribution in [-0.2, 0) is 0 Å². The fourth-order valence-corrected chi connectivity index (χ4v) is 1.13. The van der Waals surface area contributed by atoms with E-state index < -0.39 is 29.9 Å². The molecule has 0 unspecified atom stereocenters. The molecule has 1 aromatic rings. The van der Waals surface area contributed by atoms with Gasteiger partial charge < -0.3 is 4.74 Å². The molecule has 0 atom stereocenters. The summed E-state index contributed by atoms with van der Waals surface area (Å²) in [5.74, 6) is -14.8. The highest BCUT2D eigenvalue weighted by Gasteiger charge is 2.83. The van der Waals surface area contributed by atoms with E-state index >= 15 is 0 Å². The molecule has 0 saturated heterocycles. The van der Waals surface area contributed by atoms with Crippen LogP contribution >= 0.6 is 0 Å². The molecule has 1 radical (unpaired) electrons. The Hall–Kier alpha value is -1.61. The van der Waals surface area contributed by atoms with E-state index in [-0.39, 0.29) is 5.56 Å². The molecule has 21 heavy (non-hydrogen) atoms. The lowest BCUT2D eigenvalue weighted by Gasteiger charge is -2.32. The molecule has 0 bridgehead atoms. The van der Waals surface area contributed by atoms with Crippen LogP contribution < -0.4 is 4.74 Å². The summed E-state index contributed by atoms with van der Waals surface area (Å²) >= 11 is 0. The maximum Gasteiger partial charge on any atom is 0.471 e. The van der Waals surface area contributed by atoms with Gasteiger partial charge in [0.1, 0.15) is 5.75 Å². The zero-order chi connectivity index (χ0) is 16.7. The van der Waals surface area contributed by atoms with Crippen molar-refractivity contribution >= 4 is 0 Å². The number of hydrogen-bond acceptors (Lipinski definition) is 1. The van der Waals surface area contributed by atoms with Gasteiger partial charge in [0.2, 0.25) is 0 Å². The second-order valence-electron chi connectivity index (χ2n) is 3.91. The number of alkyl halides is 9. The van der Waals surface area contributed by atoms with E-state index in [0.29, 0.717) is 12.1 Å². The SMILES string of the molecule is [CH2]c1ccc(OC(F)(F)C(F)(F)C(F)(F)C(F)(F)F)cc1. The van der Waals surface area contributed by atoms with Crippen LogP contribution in [0.25, 0.3) is 0 Å². The minimum atomic E-state index is -6.98. The highest BCUT2D eigenvalue weighted by molar-refractivity contribution is 5.29. The van der Waals surface area contributed by atoms with Crippen LogP contribution in [0.2, 0.25) is 0 Å². The summed E-state index contributed by atoms with van der Waals surface area (Å²) in [4.78, 5) is 0. The van der Waals surface area contributed by atoms with Crippen LogP contribution in [0.15, 0.2) is 24.3 Å². The Bertz CT molecular complexity index is 489. The topological polar surface area (TPSA) is 9.23 Å². The monoisotopic (exact) mass is 325 g/mol. The molecular formula is C11H6F9O. The molecule has 0 fully saturated rings. The molecule has 0 spiro atoms. The van der Waals surface area contributed by atoms with Gasteiger partial charge in [0.25, 0.3) is 0 Å². The van der Waals surface area contributed by atoms with Crippen molar-refractivity contribution in [3.8, 4) is 5.75 Å². The minimum Gasteiger partial charge on any atom is -0.428 e. The van der Waals surface area contributed by atoms with Crippen molar-refractivity contribution < 1.29 is 44.3 Å². The van der Waals surface area contributed by atoms with E-state index in [0.717, 1.165) is 12.1 Å². The van der Waals surface area contributed by atoms with Crippen LogP contribution in [0.1, 0.15) is 5.56 Å². The second kappa shape index (κ2) is 4.99. The lowest BCUT2D eigenvalue weighted by molar-refractivity contribution is -0.428. The summed E-state index contributed by atoms with van der Waals surface area (Å²) in [7, 11) is 0. The maximum atomic E-state index is 13.0. The molecule has 1 aromatic carbocycles. The van der Waals surface area contributed by atoms with Gasteiger partial charge in [-0.25, -0.2) is 0 Å². The standard InChI is InChI=1S/C11H6F9O/c1-6-2-4-7(5-3-6)21-11(19,20)9(14,15)8(12,13)10(16,17)18/h2-5H,1H2. The van der Waals surface area contributed by atoms with Crippen molar-refractivity contribution in [3.63, 3.8) is 0 Å². The molecule has 0 amide bonds. The third kappa shape index (κ3) is 3.03. The summed E-state index contributed by atoms with van der Waals surface area (Å²) < 4.78 is 116. The van der Waals surface area contributed by atoms with Gasteiger partial charge in [-0.05, 0) is 24.6 Å². The van der Waals surface area contributed by atoms with Crippen molar-refractivity contribution in [1.82, 2.24) is 0 Å². The summed E-state index contributed by atoms with van der Waals surface area (Å²) in [6, 6.07) is 3.34. The first-order valence-corrected chi connectivity index (χ1v) is 5.03. The molecule has 1 rings (SSSR count). The van der Waals surface area contributed by atoms with Gasteiger partial charge in [-0.2, -0.15) is 39.5 Å². The van der Waals surface area contributed by atoms with Crippen molar-refractivity contribution in [2.24, 2.45) is 0 Å². The van der Waals surface area contributed by atoms with E-state index in [9.17, 15) is 39.5 Å². The maximum absolute atomic E-state index is 13.0. The van der Waals surface area contributed by atoms with Crippen LogP contribution in [0.3, 0.4) is 0 Å². The van der Waals surface area contributed by atoms with Crippen LogP contribution in [0.5, 0.6) is 5.75 Å². The third-order valence-electron chi connectivity index (χ3n) is 2.29. The van der Waals surface area contributed by atoms with Gasteiger partial charge >= 0.3 is 24.1 Å². The number of benzene rings is 1. The van der Waals surface area contributed by atoms with Gasteiger partial charge in [-0.15, -0.1) is 0 Å². The summed E-state index contributed by atoms with van der Waals surface area (Å²) in [6.07, 6.45) is -13.0. The lowest BCUT2D eigenvalue weighted by Crippen LogP contribution is -2.62. The Morgan fingerprint density at radius 1 is 0.714 bits per heavy atom. The Labute approximate surface area is 112 Å². The van der Waals surface area contributed by atoms with Gasteiger partial charge in [-0.1, -0.05) is 12.1 Å². The average Bonchev–Trinajstić information content (AvgIpc) is 2.30. The second-order valence-corrected chi connectivity index (χ2v) is 3.91. The highest BCUT2D eigenvalue weighted by Crippen LogP contribution is 2.53. The van der Waals surface area contributed by atoms with Crippen LogP contribution in [-0.4, -0.2) is 24.1 Å². The van der Waals surface area contributed by atoms with Gasteiger partial charge in [0.05, 0.1) is 0 Å². The quantitative estimate of drug-likeness (QED) is 0.731. The molecule has 0 aliphatic carbocycles. The summed E-state index contributed by atoms with van der Waals surface area (Å²) in [5.41, 5.74) is 0.248. The molecule has 0 aliphatic heterocycles. The third-order valence-corrected chi connectivity index (χ3v) is 2.29. The normalized spacial score (nSPS) is 14.2. The molecule has 0 saturated carbocycles. The fourth-order valence-electron chi connectivity index (χ4n) is 1.13. The Kier molecular flexibility index (Phi) is 4.14. The van der Waals surface area contributed by atoms with Crippen molar-refractivity contribution in [1.29, 1.82) is 0 Å². The van der Waals surface area contributed by atoms with Crippen molar-refractivity contribution in [3.05, 3.63) is 36.8 Å².